The molecule has 0 aliphatic carbocycles. The number of aryl methyl sites for hydroxylation is 2. The Balaban J connectivity index is 1.71. The SMILES string of the molecule is CCc1ccc2cc(-c3cn(S(=O)(=O)c4ccc(C)cc4)c4ncccc34)ccc2n1. The van der Waals surface area contributed by atoms with Crippen molar-refractivity contribution in [2.45, 2.75) is 25.2 Å². The topological polar surface area (TPSA) is 64.8 Å². The molecule has 2 aromatic carbocycles. The minimum absolute atomic E-state index is 0.238. The Morgan fingerprint density at radius 1 is 0.968 bits per heavy atom. The molecule has 0 bridgehead atoms. The summed E-state index contributed by atoms with van der Waals surface area (Å²) in [6, 6.07) is 20.7. The van der Waals surface area contributed by atoms with Gasteiger partial charge in [-0.25, -0.2) is 17.4 Å². The van der Waals surface area contributed by atoms with Gasteiger partial charge in [0, 0.05) is 34.4 Å². The Morgan fingerprint density at radius 2 is 1.77 bits per heavy atom. The van der Waals surface area contributed by atoms with E-state index in [1.54, 1.807) is 36.7 Å². The van der Waals surface area contributed by atoms with Gasteiger partial charge in [-0.05, 0) is 61.4 Å². The molecule has 31 heavy (non-hydrogen) atoms. The van der Waals surface area contributed by atoms with Gasteiger partial charge in [-0.3, -0.25) is 4.98 Å². The Labute approximate surface area is 181 Å². The van der Waals surface area contributed by atoms with E-state index in [0.29, 0.717) is 5.65 Å². The average molecular weight is 428 g/mol. The molecule has 0 spiro atoms. The minimum Gasteiger partial charge on any atom is -0.253 e. The van der Waals surface area contributed by atoms with Crippen molar-refractivity contribution in [3.05, 3.63) is 90.4 Å². The van der Waals surface area contributed by atoms with Crippen molar-refractivity contribution in [2.75, 3.05) is 0 Å². The van der Waals surface area contributed by atoms with Crippen molar-refractivity contribution in [1.82, 2.24) is 13.9 Å². The maximum atomic E-state index is 13.4. The Hall–Kier alpha value is -3.51. The fourth-order valence-corrected chi connectivity index (χ4v) is 5.12. The van der Waals surface area contributed by atoms with Crippen molar-refractivity contribution < 1.29 is 8.42 Å². The lowest BCUT2D eigenvalue weighted by Crippen LogP contribution is -2.12. The zero-order valence-electron chi connectivity index (χ0n) is 17.3. The van der Waals surface area contributed by atoms with Gasteiger partial charge in [-0.2, -0.15) is 0 Å². The summed E-state index contributed by atoms with van der Waals surface area (Å²) in [4.78, 5) is 9.30. The van der Waals surface area contributed by atoms with Crippen LogP contribution in [0.25, 0.3) is 33.1 Å². The number of rotatable bonds is 4. The summed E-state index contributed by atoms with van der Waals surface area (Å²) in [6.45, 7) is 4.01. The molecular weight excluding hydrogens is 406 g/mol. The monoisotopic (exact) mass is 427 g/mol. The second kappa shape index (κ2) is 7.32. The Morgan fingerprint density at radius 3 is 2.55 bits per heavy atom. The fourth-order valence-electron chi connectivity index (χ4n) is 3.80. The predicted octanol–water partition coefficient (Wildman–Crippen LogP) is 5.36. The van der Waals surface area contributed by atoms with Gasteiger partial charge in [0.05, 0.1) is 10.4 Å². The molecule has 154 valence electrons. The number of hydrogen-bond acceptors (Lipinski definition) is 4. The van der Waals surface area contributed by atoms with E-state index in [-0.39, 0.29) is 4.90 Å². The second-order valence-corrected chi connectivity index (χ2v) is 9.41. The molecule has 0 atom stereocenters. The fraction of sp³-hybridized carbons (Fsp3) is 0.120. The molecule has 5 rings (SSSR count). The number of nitrogens with zero attached hydrogens (tertiary/aromatic N) is 3. The summed E-state index contributed by atoms with van der Waals surface area (Å²) in [5, 5.41) is 1.80. The lowest BCUT2D eigenvalue weighted by molar-refractivity contribution is 0.589. The maximum absolute atomic E-state index is 13.4. The molecule has 3 heterocycles. The Bertz CT molecular complexity index is 1530. The molecule has 5 nitrogen and oxygen atoms in total. The van der Waals surface area contributed by atoms with E-state index in [2.05, 4.69) is 23.0 Å². The molecule has 3 aromatic heterocycles. The highest BCUT2D eigenvalue weighted by atomic mass is 32.2. The van der Waals surface area contributed by atoms with Crippen LogP contribution in [0.4, 0.5) is 0 Å². The molecule has 0 saturated carbocycles. The zero-order valence-corrected chi connectivity index (χ0v) is 18.1. The van der Waals surface area contributed by atoms with E-state index in [4.69, 9.17) is 0 Å². The smallest absolute Gasteiger partial charge is 0.253 e. The first-order chi connectivity index (χ1) is 15.0. The number of benzene rings is 2. The van der Waals surface area contributed by atoms with E-state index in [0.717, 1.165) is 45.1 Å². The van der Waals surface area contributed by atoms with Gasteiger partial charge in [0.1, 0.15) is 0 Å². The van der Waals surface area contributed by atoms with Gasteiger partial charge in [-0.1, -0.05) is 36.8 Å². The highest BCUT2D eigenvalue weighted by Crippen LogP contribution is 2.33. The van der Waals surface area contributed by atoms with Crippen LogP contribution in [0.15, 0.2) is 84.0 Å². The molecular formula is C25H21N3O2S. The lowest BCUT2D eigenvalue weighted by Gasteiger charge is -2.07. The highest BCUT2D eigenvalue weighted by molar-refractivity contribution is 7.90. The van der Waals surface area contributed by atoms with Crippen LogP contribution in [0.3, 0.4) is 0 Å². The standard InChI is InChI=1S/C25H21N3O2S/c1-3-20-10-8-19-15-18(9-13-24(19)27-20)23-16-28(25-22(23)5-4-14-26-25)31(29,30)21-11-6-17(2)7-12-21/h4-16H,3H2,1-2H3. The molecule has 0 amide bonds. The molecule has 0 fully saturated rings. The van der Waals surface area contributed by atoms with Crippen molar-refractivity contribution in [3.8, 4) is 11.1 Å². The molecule has 0 aliphatic rings. The van der Waals surface area contributed by atoms with Crippen molar-refractivity contribution in [1.29, 1.82) is 0 Å². The summed E-state index contributed by atoms with van der Waals surface area (Å²) < 4.78 is 28.1. The van der Waals surface area contributed by atoms with Crippen LogP contribution in [0.2, 0.25) is 0 Å². The van der Waals surface area contributed by atoms with Crippen LogP contribution in [-0.2, 0) is 16.4 Å². The molecule has 0 saturated heterocycles. The largest absolute Gasteiger partial charge is 0.269 e. The zero-order chi connectivity index (χ0) is 21.6. The number of aromatic nitrogens is 3. The van der Waals surface area contributed by atoms with E-state index in [1.165, 1.54) is 3.97 Å². The maximum Gasteiger partial charge on any atom is 0.269 e. The lowest BCUT2D eigenvalue weighted by atomic mass is 10.0. The normalized spacial score (nSPS) is 11.9. The van der Waals surface area contributed by atoms with E-state index >= 15 is 0 Å². The first-order valence-corrected chi connectivity index (χ1v) is 11.6. The second-order valence-electron chi connectivity index (χ2n) is 7.59. The van der Waals surface area contributed by atoms with Crippen LogP contribution in [0.1, 0.15) is 18.2 Å². The number of pyridine rings is 2. The van der Waals surface area contributed by atoms with Crippen LogP contribution in [0, 0.1) is 6.92 Å². The summed E-state index contributed by atoms with van der Waals surface area (Å²) in [7, 11) is -3.78. The third-order valence-corrected chi connectivity index (χ3v) is 7.19. The first kappa shape index (κ1) is 19.5. The van der Waals surface area contributed by atoms with E-state index < -0.39 is 10.0 Å². The minimum atomic E-state index is -3.78. The predicted molar refractivity (Wildman–Crippen MR) is 124 cm³/mol. The molecule has 5 aromatic rings. The third-order valence-electron chi connectivity index (χ3n) is 5.53. The third kappa shape index (κ3) is 3.29. The first-order valence-electron chi connectivity index (χ1n) is 10.2. The van der Waals surface area contributed by atoms with Gasteiger partial charge >= 0.3 is 0 Å². The van der Waals surface area contributed by atoms with Gasteiger partial charge in [-0.15, -0.1) is 0 Å². The van der Waals surface area contributed by atoms with Crippen LogP contribution >= 0.6 is 0 Å². The van der Waals surface area contributed by atoms with Gasteiger partial charge in [0.2, 0.25) is 0 Å². The van der Waals surface area contributed by atoms with Crippen molar-refractivity contribution >= 4 is 32.0 Å². The van der Waals surface area contributed by atoms with E-state index in [1.807, 2.05) is 43.3 Å². The van der Waals surface area contributed by atoms with Crippen molar-refractivity contribution in [3.63, 3.8) is 0 Å². The van der Waals surface area contributed by atoms with Gasteiger partial charge < -0.3 is 0 Å². The number of fused-ring (bicyclic) bond motifs is 2. The molecule has 6 heteroatoms. The summed E-state index contributed by atoms with van der Waals surface area (Å²) >= 11 is 0. The summed E-state index contributed by atoms with van der Waals surface area (Å²) in [5.41, 5.74) is 5.14. The quantitative estimate of drug-likeness (QED) is 0.387. The molecule has 0 unspecified atom stereocenters. The molecule has 0 N–H and O–H groups in total. The van der Waals surface area contributed by atoms with E-state index in [9.17, 15) is 8.42 Å². The Kier molecular flexibility index (Phi) is 4.59. The van der Waals surface area contributed by atoms with Crippen LogP contribution < -0.4 is 0 Å². The number of hydrogen-bond donors (Lipinski definition) is 0. The average Bonchev–Trinajstić information content (AvgIpc) is 3.19. The molecule has 0 radical (unpaired) electrons. The van der Waals surface area contributed by atoms with Crippen LogP contribution in [0.5, 0.6) is 0 Å². The van der Waals surface area contributed by atoms with Crippen LogP contribution in [-0.4, -0.2) is 22.4 Å². The highest BCUT2D eigenvalue weighted by Gasteiger charge is 2.22. The van der Waals surface area contributed by atoms with Gasteiger partial charge in [0.25, 0.3) is 10.0 Å². The summed E-state index contributed by atoms with van der Waals surface area (Å²) in [6.07, 6.45) is 4.17. The summed E-state index contributed by atoms with van der Waals surface area (Å²) in [5.74, 6) is 0. The van der Waals surface area contributed by atoms with Crippen molar-refractivity contribution in [2.24, 2.45) is 0 Å². The van der Waals surface area contributed by atoms with Gasteiger partial charge in [0.15, 0.2) is 5.65 Å². The molecule has 0 aliphatic heterocycles.